The Hall–Kier alpha value is -7.02. The highest BCUT2D eigenvalue weighted by atomic mass is 35.5. The average molecular weight is 1290 g/mol. The van der Waals surface area contributed by atoms with E-state index in [-0.39, 0.29) is 35.9 Å². The van der Waals surface area contributed by atoms with Crippen LogP contribution in [0, 0.1) is 17.5 Å². The SMILES string of the molecule is CCCC(C)N1CCC(N(Cc2ccccc2)C(=O)Nc2ccc(F)c(F)c2F)CC1.CCCCN1CCC(N(Cc2ccccc2)C(=O)Nc2cc(OC)ccc2Cl)CC1.CCCCN1CCC(N(Cc2ccccc2)C(=O)Nc2ccc(OC)c(Cl)c2)CC1. The van der Waals surface area contributed by atoms with Crippen LogP contribution in [-0.4, -0.2) is 138 Å². The number of anilines is 3. The van der Waals surface area contributed by atoms with E-state index in [4.69, 9.17) is 32.7 Å². The Bertz CT molecular complexity index is 3150. The number of rotatable bonds is 23. The minimum absolute atomic E-state index is 0.0290. The summed E-state index contributed by atoms with van der Waals surface area (Å²) in [5, 5.41) is 9.46. The molecule has 0 spiro atoms. The number of methoxy groups -OCH3 is 2. The van der Waals surface area contributed by atoms with Crippen LogP contribution in [0.5, 0.6) is 11.5 Å². The minimum atomic E-state index is -1.59. The maximum Gasteiger partial charge on any atom is 0.322 e. The van der Waals surface area contributed by atoms with Crippen molar-refractivity contribution in [2.24, 2.45) is 0 Å². The molecule has 3 aliphatic heterocycles. The molecule has 0 saturated carbocycles. The van der Waals surface area contributed by atoms with Crippen LogP contribution in [-0.2, 0) is 19.6 Å². The Labute approximate surface area is 548 Å². The van der Waals surface area contributed by atoms with E-state index < -0.39 is 23.5 Å². The van der Waals surface area contributed by atoms with Crippen molar-refractivity contribution in [3.8, 4) is 11.5 Å². The summed E-state index contributed by atoms with van der Waals surface area (Å²) in [6.45, 7) is 18.6. The van der Waals surface area contributed by atoms with E-state index in [9.17, 15) is 27.6 Å². The zero-order chi connectivity index (χ0) is 65.1. The highest BCUT2D eigenvalue weighted by molar-refractivity contribution is 6.33. The van der Waals surface area contributed by atoms with Gasteiger partial charge in [-0.3, -0.25) is 0 Å². The predicted molar refractivity (Wildman–Crippen MR) is 363 cm³/mol. The fourth-order valence-corrected chi connectivity index (χ4v) is 12.4. The number of hydrogen-bond acceptors (Lipinski definition) is 8. The molecule has 0 aromatic heterocycles. The number of halogens is 5. The second-order valence-corrected chi connectivity index (χ2v) is 24.6. The van der Waals surface area contributed by atoms with Crippen LogP contribution >= 0.6 is 23.2 Å². The largest absolute Gasteiger partial charge is 0.497 e. The molecule has 3 saturated heterocycles. The number of amides is 6. The summed E-state index contributed by atoms with van der Waals surface area (Å²) in [5.74, 6) is -3.02. The minimum Gasteiger partial charge on any atom is -0.497 e. The fraction of sp³-hybridized carbons (Fsp3) is 0.458. The Morgan fingerprint density at radius 1 is 0.516 bits per heavy atom. The quantitative estimate of drug-likeness (QED) is 0.0542. The normalized spacial score (nSPS) is 15.4. The number of piperidine rings is 3. The molecule has 1 atom stereocenters. The molecule has 0 radical (unpaired) electrons. The topological polar surface area (TPSA) is 125 Å². The van der Waals surface area contributed by atoms with Gasteiger partial charge < -0.3 is 54.8 Å². The van der Waals surface area contributed by atoms with E-state index in [0.29, 0.717) is 58.6 Å². The van der Waals surface area contributed by atoms with E-state index in [2.05, 4.69) is 82.6 Å². The van der Waals surface area contributed by atoms with E-state index >= 15 is 0 Å². The second-order valence-electron chi connectivity index (χ2n) is 23.8. The van der Waals surface area contributed by atoms with Gasteiger partial charge in [-0.05, 0) is 137 Å². The molecule has 19 heteroatoms. The van der Waals surface area contributed by atoms with Crippen molar-refractivity contribution in [1.82, 2.24) is 29.4 Å². The number of likely N-dealkylation sites (tertiary alicyclic amines) is 3. The van der Waals surface area contributed by atoms with Crippen molar-refractivity contribution < 1.29 is 37.0 Å². The average Bonchev–Trinajstić information content (AvgIpc) is 1.74. The van der Waals surface area contributed by atoms with Gasteiger partial charge in [0.2, 0.25) is 0 Å². The molecule has 0 aliphatic carbocycles. The first kappa shape index (κ1) is 71.4. The zero-order valence-corrected chi connectivity index (χ0v) is 55.5. The lowest BCUT2D eigenvalue weighted by Crippen LogP contribution is -2.50. The first-order valence-electron chi connectivity index (χ1n) is 32.5. The number of urea groups is 3. The van der Waals surface area contributed by atoms with Gasteiger partial charge in [-0.25, -0.2) is 27.6 Å². The number of carbonyl (C=O) groups excluding carboxylic acids is 3. The molecule has 9 rings (SSSR count). The lowest BCUT2D eigenvalue weighted by atomic mass is 10.00. The van der Waals surface area contributed by atoms with E-state index in [1.165, 1.54) is 25.7 Å². The fourth-order valence-electron chi connectivity index (χ4n) is 12.0. The molecule has 6 aromatic rings. The van der Waals surface area contributed by atoms with Crippen molar-refractivity contribution in [2.45, 2.75) is 149 Å². The first-order valence-corrected chi connectivity index (χ1v) is 33.2. The standard InChI is InChI=1S/2C24H32ClN3O2.C24H30F3N3O/c1-3-4-14-27-15-12-20(13-16-27)28(18-19-8-6-5-7-9-19)24(29)26-23-17-21(30-2)10-11-22(23)25;1-3-4-14-27-15-12-21(13-16-27)28(18-19-8-6-5-7-9-19)24(29)26-20-10-11-23(30-2)22(25)17-20;1-3-7-17(2)29-14-12-19(13-15-29)30(16-18-8-5-4-6-9-18)24(31)28-21-11-10-20(25)22(26)23(21)27/h5-11,17,20H,3-4,12-16,18H2,1-2H3,(H,26,29);5-11,17,21H,3-4,12-16,18H2,1-2H3,(H,26,29);4-6,8-11,17,19H,3,7,12-16H2,1-2H3,(H,28,31). The van der Waals surface area contributed by atoms with Gasteiger partial charge in [-0.1, -0.05) is 154 Å². The van der Waals surface area contributed by atoms with Crippen LogP contribution in [0.15, 0.2) is 140 Å². The molecule has 14 nitrogen and oxygen atoms in total. The molecular formula is C72H94Cl2F3N9O5. The van der Waals surface area contributed by atoms with Gasteiger partial charge in [0.1, 0.15) is 11.5 Å². The lowest BCUT2D eigenvalue weighted by Gasteiger charge is -2.40. The maximum absolute atomic E-state index is 14.1. The molecule has 492 valence electrons. The second kappa shape index (κ2) is 37.5. The zero-order valence-electron chi connectivity index (χ0n) is 54.0. The van der Waals surface area contributed by atoms with Gasteiger partial charge in [0.25, 0.3) is 0 Å². The molecule has 3 N–H and O–H groups in total. The molecule has 91 heavy (non-hydrogen) atoms. The molecule has 6 aromatic carbocycles. The summed E-state index contributed by atoms with van der Waals surface area (Å²) < 4.78 is 51.4. The van der Waals surface area contributed by atoms with Crippen LogP contribution in [0.2, 0.25) is 10.0 Å². The number of unbranched alkanes of at least 4 members (excludes halogenated alkanes) is 2. The predicted octanol–water partition coefficient (Wildman–Crippen LogP) is 17.1. The lowest BCUT2D eigenvalue weighted by molar-refractivity contribution is 0.0989. The Kier molecular flexibility index (Phi) is 29.4. The van der Waals surface area contributed by atoms with Crippen LogP contribution in [0.3, 0.4) is 0 Å². The van der Waals surface area contributed by atoms with Crippen LogP contribution < -0.4 is 25.4 Å². The summed E-state index contributed by atoms with van der Waals surface area (Å²) in [6, 6.07) is 42.5. The third-order valence-electron chi connectivity index (χ3n) is 17.4. The molecule has 3 heterocycles. The number of carbonyl (C=O) groups is 3. The highest BCUT2D eigenvalue weighted by Crippen LogP contribution is 2.31. The van der Waals surface area contributed by atoms with Crippen LogP contribution in [0.4, 0.5) is 44.6 Å². The van der Waals surface area contributed by atoms with Crippen LogP contribution in [0.1, 0.15) is 121 Å². The summed E-state index contributed by atoms with van der Waals surface area (Å²) in [4.78, 5) is 52.8. The van der Waals surface area contributed by atoms with Gasteiger partial charge in [-0.15, -0.1) is 0 Å². The number of ether oxygens (including phenoxy) is 2. The maximum atomic E-state index is 14.1. The molecule has 1 unspecified atom stereocenters. The third-order valence-corrected chi connectivity index (χ3v) is 18.0. The molecule has 3 aliphatic rings. The number of nitrogens with zero attached hydrogens (tertiary/aromatic N) is 6. The van der Waals surface area contributed by atoms with Gasteiger partial charge in [0.15, 0.2) is 17.5 Å². The van der Waals surface area contributed by atoms with Gasteiger partial charge >= 0.3 is 18.1 Å². The number of benzene rings is 6. The van der Waals surface area contributed by atoms with Crippen molar-refractivity contribution >= 4 is 58.4 Å². The van der Waals surface area contributed by atoms with E-state index in [1.807, 2.05) is 82.6 Å². The summed E-state index contributed by atoms with van der Waals surface area (Å²) in [6.07, 6.45) is 12.7. The number of hydrogen-bond donors (Lipinski definition) is 3. The van der Waals surface area contributed by atoms with Crippen molar-refractivity contribution in [3.63, 3.8) is 0 Å². The molecule has 3 fully saturated rings. The third kappa shape index (κ3) is 22.1. The van der Waals surface area contributed by atoms with E-state index in [1.54, 1.807) is 49.5 Å². The highest BCUT2D eigenvalue weighted by Gasteiger charge is 2.33. The van der Waals surface area contributed by atoms with Crippen LogP contribution in [0.25, 0.3) is 0 Å². The van der Waals surface area contributed by atoms with Crippen molar-refractivity contribution in [2.75, 3.05) is 82.5 Å². The van der Waals surface area contributed by atoms with Gasteiger partial charge in [-0.2, -0.15) is 0 Å². The smallest absolute Gasteiger partial charge is 0.322 e. The van der Waals surface area contributed by atoms with Crippen molar-refractivity contribution in [1.29, 1.82) is 0 Å². The molecule has 0 bridgehead atoms. The Balaban J connectivity index is 0.000000194. The van der Waals surface area contributed by atoms with E-state index in [0.717, 1.165) is 133 Å². The van der Waals surface area contributed by atoms with Gasteiger partial charge in [0.05, 0.1) is 35.6 Å². The monoisotopic (exact) mass is 1290 g/mol. The molecular weight excluding hydrogens is 1200 g/mol. The summed E-state index contributed by atoms with van der Waals surface area (Å²) in [5.41, 5.74) is 4.08. The molecule has 6 amide bonds. The summed E-state index contributed by atoms with van der Waals surface area (Å²) in [7, 11) is 3.18. The van der Waals surface area contributed by atoms with Crippen molar-refractivity contribution in [3.05, 3.63) is 184 Å². The number of nitrogens with one attached hydrogen (secondary N) is 3. The van der Waals surface area contributed by atoms with Gasteiger partial charge in [0, 0.05) is 94.8 Å². The Morgan fingerprint density at radius 2 is 0.967 bits per heavy atom. The Morgan fingerprint density at radius 3 is 1.40 bits per heavy atom. The summed E-state index contributed by atoms with van der Waals surface area (Å²) >= 11 is 12.6. The first-order chi connectivity index (χ1) is 44.1.